The Balaban J connectivity index is 0.00000180. The van der Waals surface area contributed by atoms with E-state index in [0.717, 1.165) is 30.4 Å². The van der Waals surface area contributed by atoms with Gasteiger partial charge in [-0.1, -0.05) is 24.1 Å². The minimum absolute atomic E-state index is 0. The average molecular weight is 371 g/mol. The monoisotopic (exact) mass is 371 g/mol. The van der Waals surface area contributed by atoms with Crippen LogP contribution in [0, 0.1) is 12.3 Å². The summed E-state index contributed by atoms with van der Waals surface area (Å²) in [5.41, 5.74) is 1.08. The Morgan fingerprint density at radius 1 is 1.47 bits per heavy atom. The standard InChI is InChI=1S/C14H17N3O.HI/c1-3-10-18-13-7-5-4-6-12(13)11-16-14-15-8-9-17(14)2;/h1,4-7H,8-11H2,2H3,(H,15,16);1H. The number of nitrogens with one attached hydrogen (secondary N) is 1. The number of likely N-dealkylation sites (N-methyl/N-ethyl adjacent to an activating group) is 1. The highest BCUT2D eigenvalue weighted by Crippen LogP contribution is 2.17. The molecule has 19 heavy (non-hydrogen) atoms. The Bertz CT molecular complexity index is 482. The van der Waals surface area contributed by atoms with Gasteiger partial charge in [-0.05, 0) is 6.07 Å². The summed E-state index contributed by atoms with van der Waals surface area (Å²) in [5.74, 6) is 4.23. The highest BCUT2D eigenvalue weighted by Gasteiger charge is 2.12. The van der Waals surface area contributed by atoms with E-state index in [1.807, 2.05) is 31.3 Å². The summed E-state index contributed by atoms with van der Waals surface area (Å²) in [6.45, 7) is 2.80. The molecule has 0 aromatic heterocycles. The van der Waals surface area contributed by atoms with Crippen molar-refractivity contribution in [1.82, 2.24) is 10.2 Å². The van der Waals surface area contributed by atoms with Gasteiger partial charge in [0.1, 0.15) is 12.4 Å². The minimum atomic E-state index is 0. The fourth-order valence-electron chi connectivity index (χ4n) is 1.81. The van der Waals surface area contributed by atoms with E-state index < -0.39 is 0 Å². The van der Waals surface area contributed by atoms with Gasteiger partial charge in [0.25, 0.3) is 0 Å². The van der Waals surface area contributed by atoms with Gasteiger partial charge >= 0.3 is 0 Å². The molecule has 0 unspecified atom stereocenters. The van der Waals surface area contributed by atoms with Crippen molar-refractivity contribution in [2.75, 3.05) is 26.7 Å². The number of benzene rings is 1. The van der Waals surface area contributed by atoms with Crippen molar-refractivity contribution in [3.63, 3.8) is 0 Å². The molecule has 0 spiro atoms. The summed E-state index contributed by atoms with van der Waals surface area (Å²) in [5, 5.41) is 3.31. The number of para-hydroxylation sites is 1. The van der Waals surface area contributed by atoms with Gasteiger partial charge in [-0.15, -0.1) is 30.4 Å². The van der Waals surface area contributed by atoms with E-state index in [4.69, 9.17) is 11.2 Å². The lowest BCUT2D eigenvalue weighted by Crippen LogP contribution is -2.35. The SMILES string of the molecule is C#CCOc1ccccc1CNC1=NCCN1C.I. The summed E-state index contributed by atoms with van der Waals surface area (Å²) >= 11 is 0. The smallest absolute Gasteiger partial charge is 0.194 e. The zero-order chi connectivity index (χ0) is 12.8. The Kier molecular flexibility index (Phi) is 6.50. The Labute approximate surface area is 131 Å². The van der Waals surface area contributed by atoms with Crippen molar-refractivity contribution in [2.45, 2.75) is 6.54 Å². The van der Waals surface area contributed by atoms with Crippen molar-refractivity contribution in [2.24, 2.45) is 4.99 Å². The Morgan fingerprint density at radius 2 is 2.26 bits per heavy atom. The van der Waals surface area contributed by atoms with Gasteiger partial charge in [-0.2, -0.15) is 0 Å². The third kappa shape index (κ3) is 4.31. The first-order valence-electron chi connectivity index (χ1n) is 5.95. The normalized spacial score (nSPS) is 13.3. The molecule has 0 amide bonds. The van der Waals surface area contributed by atoms with Gasteiger partial charge < -0.3 is 15.0 Å². The highest BCUT2D eigenvalue weighted by atomic mass is 127. The second kappa shape index (κ2) is 7.89. The van der Waals surface area contributed by atoms with Crippen molar-refractivity contribution in [3.8, 4) is 18.1 Å². The molecule has 0 aliphatic carbocycles. The number of hydrogen-bond acceptors (Lipinski definition) is 4. The summed E-state index contributed by atoms with van der Waals surface area (Å²) in [6.07, 6.45) is 5.20. The topological polar surface area (TPSA) is 36.9 Å². The van der Waals surface area contributed by atoms with Crippen molar-refractivity contribution < 1.29 is 4.74 Å². The van der Waals surface area contributed by atoms with Gasteiger partial charge in [-0.3, -0.25) is 4.99 Å². The summed E-state index contributed by atoms with van der Waals surface area (Å²) in [7, 11) is 2.03. The van der Waals surface area contributed by atoms with Gasteiger partial charge in [0.15, 0.2) is 5.96 Å². The van der Waals surface area contributed by atoms with E-state index in [9.17, 15) is 0 Å². The van der Waals surface area contributed by atoms with E-state index in [1.54, 1.807) is 0 Å². The third-order valence-corrected chi connectivity index (χ3v) is 2.78. The van der Waals surface area contributed by atoms with Crippen LogP contribution in [0.1, 0.15) is 5.56 Å². The van der Waals surface area contributed by atoms with Crippen LogP contribution in [0.15, 0.2) is 29.3 Å². The number of halogens is 1. The number of aliphatic imine (C=N–C) groups is 1. The summed E-state index contributed by atoms with van der Waals surface area (Å²) < 4.78 is 5.50. The Morgan fingerprint density at radius 3 is 2.95 bits per heavy atom. The predicted octanol–water partition coefficient (Wildman–Crippen LogP) is 1.71. The van der Waals surface area contributed by atoms with E-state index >= 15 is 0 Å². The van der Waals surface area contributed by atoms with Crippen LogP contribution in [0.25, 0.3) is 0 Å². The molecule has 1 aromatic rings. The number of ether oxygens (including phenoxy) is 1. The molecule has 1 heterocycles. The number of terminal acetylenes is 1. The number of rotatable bonds is 4. The minimum Gasteiger partial charge on any atom is -0.481 e. The number of hydrogen-bond donors (Lipinski definition) is 1. The van der Waals surface area contributed by atoms with Gasteiger partial charge in [-0.25, -0.2) is 0 Å². The van der Waals surface area contributed by atoms with Crippen LogP contribution in [-0.2, 0) is 6.54 Å². The Hall–Kier alpha value is -1.42. The molecule has 0 saturated carbocycles. The first-order valence-corrected chi connectivity index (χ1v) is 5.95. The van der Waals surface area contributed by atoms with Crippen molar-refractivity contribution in [3.05, 3.63) is 29.8 Å². The first kappa shape index (κ1) is 15.6. The van der Waals surface area contributed by atoms with E-state index in [1.165, 1.54) is 0 Å². The fourth-order valence-corrected chi connectivity index (χ4v) is 1.81. The van der Waals surface area contributed by atoms with Crippen LogP contribution in [0.4, 0.5) is 0 Å². The number of nitrogens with zero attached hydrogens (tertiary/aromatic N) is 2. The largest absolute Gasteiger partial charge is 0.481 e. The zero-order valence-electron chi connectivity index (χ0n) is 10.9. The second-order valence-corrected chi connectivity index (χ2v) is 4.08. The molecule has 5 heteroatoms. The lowest BCUT2D eigenvalue weighted by Gasteiger charge is -2.16. The van der Waals surface area contributed by atoms with Gasteiger partial charge in [0.05, 0.1) is 6.54 Å². The maximum Gasteiger partial charge on any atom is 0.194 e. The quantitative estimate of drug-likeness (QED) is 0.647. The number of guanidine groups is 1. The van der Waals surface area contributed by atoms with E-state index in [-0.39, 0.29) is 30.6 Å². The zero-order valence-corrected chi connectivity index (χ0v) is 13.3. The van der Waals surface area contributed by atoms with Crippen LogP contribution < -0.4 is 10.1 Å². The van der Waals surface area contributed by atoms with Crippen LogP contribution >= 0.6 is 24.0 Å². The van der Waals surface area contributed by atoms with Crippen LogP contribution in [0.2, 0.25) is 0 Å². The molecule has 4 nitrogen and oxygen atoms in total. The summed E-state index contributed by atoms with van der Waals surface area (Å²) in [6, 6.07) is 7.87. The highest BCUT2D eigenvalue weighted by molar-refractivity contribution is 14.0. The molecule has 1 aromatic carbocycles. The summed E-state index contributed by atoms with van der Waals surface area (Å²) in [4.78, 5) is 6.48. The maximum absolute atomic E-state index is 5.50. The molecule has 0 atom stereocenters. The van der Waals surface area contributed by atoms with E-state index in [2.05, 4.69) is 21.1 Å². The molecule has 0 saturated heterocycles. The van der Waals surface area contributed by atoms with Crippen LogP contribution in [0.3, 0.4) is 0 Å². The third-order valence-electron chi connectivity index (χ3n) is 2.78. The lowest BCUT2D eigenvalue weighted by molar-refractivity contribution is 0.365. The molecule has 1 N–H and O–H groups in total. The molecule has 2 rings (SSSR count). The molecule has 102 valence electrons. The average Bonchev–Trinajstić information content (AvgIpc) is 2.80. The van der Waals surface area contributed by atoms with Crippen LogP contribution in [-0.4, -0.2) is 37.6 Å². The molecular formula is C14H18IN3O. The molecular weight excluding hydrogens is 353 g/mol. The predicted molar refractivity (Wildman–Crippen MR) is 88.0 cm³/mol. The molecule has 0 fully saturated rings. The van der Waals surface area contributed by atoms with Crippen LogP contribution in [0.5, 0.6) is 5.75 Å². The van der Waals surface area contributed by atoms with E-state index in [0.29, 0.717) is 6.54 Å². The molecule has 1 aliphatic rings. The maximum atomic E-state index is 5.50. The lowest BCUT2D eigenvalue weighted by atomic mass is 10.2. The molecule has 1 aliphatic heterocycles. The molecule has 0 bridgehead atoms. The first-order chi connectivity index (χ1) is 8.81. The van der Waals surface area contributed by atoms with Gasteiger partial charge in [0, 0.05) is 25.7 Å². The second-order valence-electron chi connectivity index (χ2n) is 4.08. The van der Waals surface area contributed by atoms with Gasteiger partial charge in [0.2, 0.25) is 0 Å². The van der Waals surface area contributed by atoms with Crippen molar-refractivity contribution in [1.29, 1.82) is 0 Å². The fraction of sp³-hybridized carbons (Fsp3) is 0.357. The molecule has 0 radical (unpaired) electrons. The van der Waals surface area contributed by atoms with Crippen molar-refractivity contribution >= 4 is 29.9 Å².